The third-order valence-electron chi connectivity index (χ3n) is 5.02. The molecule has 0 bridgehead atoms. The van der Waals surface area contributed by atoms with Crippen LogP contribution in [-0.4, -0.2) is 19.2 Å². The standard InChI is InChI=1S/C23H18N4O2.CH4.Na/c1-15-7-10-18(11-8-15)27-23(29)26-21(25-27)19-14-17(9-12-20(19)24-22(26)28)13-16-5-3-2-4-6-16;;/h2-12,14H,13H2,1H3,(H,24,28);1H4;/q;;+1/p-1. The van der Waals surface area contributed by atoms with E-state index in [1.165, 1.54) is 10.2 Å². The average molecular weight is 420 g/mol. The van der Waals surface area contributed by atoms with Crippen molar-refractivity contribution in [2.75, 3.05) is 0 Å². The topological polar surface area (TPSA) is 75.2 Å². The minimum atomic E-state index is -0.619. The first-order chi connectivity index (χ1) is 14.1. The number of hydrogen-bond acceptors (Lipinski definition) is 4. The van der Waals surface area contributed by atoms with Gasteiger partial charge in [0.25, 0.3) is 0 Å². The molecule has 0 N–H and O–H groups in total. The van der Waals surface area contributed by atoms with E-state index in [1.54, 1.807) is 0 Å². The monoisotopic (exact) mass is 420 g/mol. The second kappa shape index (κ2) is 9.06. The van der Waals surface area contributed by atoms with Crippen LogP contribution in [0.2, 0.25) is 0 Å². The fourth-order valence-corrected chi connectivity index (χ4v) is 3.52. The first-order valence-electron chi connectivity index (χ1n) is 9.32. The summed E-state index contributed by atoms with van der Waals surface area (Å²) in [4.78, 5) is 17.0. The van der Waals surface area contributed by atoms with Crippen LogP contribution >= 0.6 is 0 Å². The fourth-order valence-electron chi connectivity index (χ4n) is 3.52. The zero-order valence-electron chi connectivity index (χ0n) is 16.7. The van der Waals surface area contributed by atoms with Crippen molar-refractivity contribution in [3.8, 4) is 11.7 Å². The predicted octanol–water partition coefficient (Wildman–Crippen LogP) is 0.646. The van der Waals surface area contributed by atoms with Gasteiger partial charge in [-0.2, -0.15) is 4.68 Å². The second-order valence-electron chi connectivity index (χ2n) is 7.10. The number of aromatic nitrogens is 4. The van der Waals surface area contributed by atoms with Gasteiger partial charge in [0.15, 0.2) is 5.65 Å². The van der Waals surface area contributed by atoms with Gasteiger partial charge in [0.05, 0.1) is 17.2 Å². The average Bonchev–Trinajstić information content (AvgIpc) is 3.08. The molecule has 0 atom stereocenters. The zero-order chi connectivity index (χ0) is 20.0. The Kier molecular flexibility index (Phi) is 6.65. The van der Waals surface area contributed by atoms with Crippen molar-refractivity contribution in [2.24, 2.45) is 0 Å². The molecule has 6 nitrogen and oxygen atoms in total. The molecule has 0 fully saturated rings. The molecule has 0 aliphatic rings. The van der Waals surface area contributed by atoms with Gasteiger partial charge in [0, 0.05) is 5.39 Å². The van der Waals surface area contributed by atoms with E-state index in [2.05, 4.69) is 22.2 Å². The first kappa shape index (κ1) is 22.7. The molecule has 5 aromatic rings. The SMILES string of the molecule is C.Cc1ccc(-n2nc3c4cc(Cc5ccccc5)ccc4nc([O-])n3c2=O)cc1.[Na+]. The molecule has 2 heterocycles. The molecule has 0 saturated carbocycles. The number of nitrogens with zero attached hydrogens (tertiary/aromatic N) is 4. The van der Waals surface area contributed by atoms with Crippen LogP contribution in [0.3, 0.4) is 0 Å². The van der Waals surface area contributed by atoms with E-state index in [-0.39, 0.29) is 37.0 Å². The Hall–Kier alpha value is -2.93. The summed E-state index contributed by atoms with van der Waals surface area (Å²) >= 11 is 0. The van der Waals surface area contributed by atoms with Crippen LogP contribution in [0.5, 0.6) is 6.01 Å². The van der Waals surface area contributed by atoms with Gasteiger partial charge in [-0.3, -0.25) is 0 Å². The summed E-state index contributed by atoms with van der Waals surface area (Å²) in [5, 5.41) is 17.6. The summed E-state index contributed by atoms with van der Waals surface area (Å²) in [6.07, 6.45) is 0.741. The molecular weight excluding hydrogens is 399 g/mol. The molecule has 3 aromatic carbocycles. The van der Waals surface area contributed by atoms with E-state index in [0.29, 0.717) is 22.2 Å². The van der Waals surface area contributed by atoms with E-state index in [1.807, 2.05) is 67.6 Å². The minimum absolute atomic E-state index is 0. The molecule has 0 radical (unpaired) electrons. The van der Waals surface area contributed by atoms with Gasteiger partial charge >= 0.3 is 35.2 Å². The maximum Gasteiger partial charge on any atom is 1.00 e. The molecule has 150 valence electrons. The second-order valence-corrected chi connectivity index (χ2v) is 7.10. The molecule has 0 saturated heterocycles. The van der Waals surface area contributed by atoms with Crippen LogP contribution in [0.1, 0.15) is 24.1 Å². The Labute approximate surface area is 202 Å². The summed E-state index contributed by atoms with van der Waals surface area (Å²) in [5.41, 5.74) is 4.25. The maximum atomic E-state index is 12.9. The van der Waals surface area contributed by atoms with Crippen molar-refractivity contribution in [1.29, 1.82) is 0 Å². The molecule has 31 heavy (non-hydrogen) atoms. The van der Waals surface area contributed by atoms with Gasteiger partial charge in [0.1, 0.15) is 0 Å². The van der Waals surface area contributed by atoms with E-state index < -0.39 is 11.7 Å². The first-order valence-corrected chi connectivity index (χ1v) is 9.32. The van der Waals surface area contributed by atoms with Crippen LogP contribution in [0.4, 0.5) is 0 Å². The molecule has 0 amide bonds. The van der Waals surface area contributed by atoms with Crippen LogP contribution in [0, 0.1) is 6.92 Å². The Bertz CT molecular complexity index is 1410. The van der Waals surface area contributed by atoms with E-state index >= 15 is 0 Å². The normalized spacial score (nSPS) is 10.6. The molecule has 2 aromatic heterocycles. The van der Waals surface area contributed by atoms with E-state index in [4.69, 9.17) is 0 Å². The summed E-state index contributed by atoms with van der Waals surface area (Å²) in [6, 6.07) is 22.6. The Morgan fingerprint density at radius 2 is 1.65 bits per heavy atom. The molecular formula is C24H21N4NaO2. The maximum absolute atomic E-state index is 12.9. The number of benzene rings is 3. The van der Waals surface area contributed by atoms with E-state index in [9.17, 15) is 9.90 Å². The summed E-state index contributed by atoms with van der Waals surface area (Å²) in [7, 11) is 0. The van der Waals surface area contributed by atoms with Gasteiger partial charge < -0.3 is 5.11 Å². The van der Waals surface area contributed by atoms with Gasteiger partial charge in [0.2, 0.25) is 0 Å². The molecule has 7 heteroatoms. The van der Waals surface area contributed by atoms with Crippen molar-refractivity contribution in [3.05, 3.63) is 100.0 Å². The third-order valence-corrected chi connectivity index (χ3v) is 5.02. The smallest absolute Gasteiger partial charge is 0.845 e. The molecule has 0 aliphatic carbocycles. The summed E-state index contributed by atoms with van der Waals surface area (Å²) < 4.78 is 2.29. The van der Waals surface area contributed by atoms with Crippen molar-refractivity contribution >= 4 is 16.6 Å². The van der Waals surface area contributed by atoms with Gasteiger partial charge in [-0.1, -0.05) is 61.5 Å². The third kappa shape index (κ3) is 4.14. The number of hydrogen-bond donors (Lipinski definition) is 0. The Balaban J connectivity index is 0.00000136. The van der Waals surface area contributed by atoms with Gasteiger partial charge in [-0.15, -0.1) is 5.10 Å². The molecule has 0 spiro atoms. The predicted molar refractivity (Wildman–Crippen MR) is 116 cm³/mol. The molecule has 0 unspecified atom stereocenters. The molecule has 0 aliphatic heterocycles. The van der Waals surface area contributed by atoms with Crippen LogP contribution < -0.4 is 40.4 Å². The zero-order valence-corrected chi connectivity index (χ0v) is 18.7. The van der Waals surface area contributed by atoms with Crippen molar-refractivity contribution in [2.45, 2.75) is 20.8 Å². The van der Waals surface area contributed by atoms with Crippen LogP contribution in [0.25, 0.3) is 22.2 Å². The number of aryl methyl sites for hydroxylation is 1. The minimum Gasteiger partial charge on any atom is -0.845 e. The van der Waals surface area contributed by atoms with Crippen molar-refractivity contribution < 1.29 is 34.7 Å². The molecule has 5 rings (SSSR count). The van der Waals surface area contributed by atoms with Crippen molar-refractivity contribution in [3.63, 3.8) is 0 Å². The van der Waals surface area contributed by atoms with Gasteiger partial charge in [-0.25, -0.2) is 14.2 Å². The number of fused-ring (bicyclic) bond motifs is 3. The Morgan fingerprint density at radius 1 is 0.935 bits per heavy atom. The quantitative estimate of drug-likeness (QED) is 0.402. The summed E-state index contributed by atoms with van der Waals surface area (Å²) in [5.74, 6) is 0. The van der Waals surface area contributed by atoms with Crippen molar-refractivity contribution in [1.82, 2.24) is 19.2 Å². The van der Waals surface area contributed by atoms with Crippen LogP contribution in [0.15, 0.2) is 77.6 Å². The largest absolute Gasteiger partial charge is 1.00 e. The fraction of sp³-hybridized carbons (Fsp3) is 0.125. The van der Waals surface area contributed by atoms with Gasteiger partial charge in [-0.05, 0) is 48.7 Å². The number of rotatable bonds is 3. The summed E-state index contributed by atoms with van der Waals surface area (Å²) in [6.45, 7) is 1.97. The van der Waals surface area contributed by atoms with Crippen LogP contribution in [-0.2, 0) is 6.42 Å². The Morgan fingerprint density at radius 3 is 2.35 bits per heavy atom. The van der Waals surface area contributed by atoms with E-state index in [0.717, 1.165) is 21.9 Å².